The Hall–Kier alpha value is -1.89. The Kier molecular flexibility index (Phi) is 6.52. The van der Waals surface area contributed by atoms with E-state index in [-0.39, 0.29) is 18.4 Å². The highest BCUT2D eigenvalue weighted by atomic mass is 16.5. The van der Waals surface area contributed by atoms with Crippen molar-refractivity contribution in [1.29, 1.82) is 0 Å². The standard InChI is InChI=1S/C21H30N2O4/c1-26-16-20(24)23-13-10-21(25)9-12-22(14-18(21)15-23)11-3-4-17-5-7-19(27-2)8-6-17/h3-8,18,25H,9-16H2,1-2H3/t18-,21-/m1/s1. The molecular weight excluding hydrogens is 344 g/mol. The molecule has 0 bridgehead atoms. The van der Waals surface area contributed by atoms with Gasteiger partial charge in [-0.15, -0.1) is 0 Å². The molecule has 1 aromatic rings. The number of hydrogen-bond donors (Lipinski definition) is 1. The average molecular weight is 374 g/mol. The lowest BCUT2D eigenvalue weighted by molar-refractivity contribution is -0.149. The number of likely N-dealkylation sites (tertiary alicyclic amines) is 2. The van der Waals surface area contributed by atoms with E-state index in [1.54, 1.807) is 7.11 Å². The minimum atomic E-state index is -0.639. The van der Waals surface area contributed by atoms with Gasteiger partial charge >= 0.3 is 0 Å². The van der Waals surface area contributed by atoms with Crippen molar-refractivity contribution in [3.05, 3.63) is 35.9 Å². The van der Waals surface area contributed by atoms with E-state index in [2.05, 4.69) is 17.1 Å². The molecular formula is C21H30N2O4. The van der Waals surface area contributed by atoms with Gasteiger partial charge in [-0.2, -0.15) is 0 Å². The zero-order valence-electron chi connectivity index (χ0n) is 16.3. The van der Waals surface area contributed by atoms with E-state index in [0.717, 1.165) is 37.4 Å². The highest BCUT2D eigenvalue weighted by Gasteiger charge is 2.45. The number of piperidine rings is 2. The lowest BCUT2D eigenvalue weighted by Crippen LogP contribution is -2.60. The first kappa shape index (κ1) is 19.9. The molecule has 2 aliphatic rings. The first-order valence-electron chi connectivity index (χ1n) is 9.56. The van der Waals surface area contributed by atoms with Crippen LogP contribution in [0.1, 0.15) is 18.4 Å². The Morgan fingerprint density at radius 2 is 1.96 bits per heavy atom. The highest BCUT2D eigenvalue weighted by Crippen LogP contribution is 2.35. The number of aliphatic hydroxyl groups is 1. The van der Waals surface area contributed by atoms with Gasteiger partial charge in [0.05, 0.1) is 12.7 Å². The van der Waals surface area contributed by atoms with Gasteiger partial charge < -0.3 is 19.5 Å². The van der Waals surface area contributed by atoms with Crippen LogP contribution in [0.25, 0.3) is 6.08 Å². The maximum Gasteiger partial charge on any atom is 0.248 e. The Morgan fingerprint density at radius 3 is 2.67 bits per heavy atom. The predicted octanol–water partition coefficient (Wildman–Crippen LogP) is 1.64. The summed E-state index contributed by atoms with van der Waals surface area (Å²) in [7, 11) is 3.20. The number of carbonyl (C=O) groups is 1. The van der Waals surface area contributed by atoms with E-state index in [1.807, 2.05) is 29.2 Å². The summed E-state index contributed by atoms with van der Waals surface area (Å²) in [6.45, 7) is 3.86. The second-order valence-electron chi connectivity index (χ2n) is 7.51. The molecule has 0 unspecified atom stereocenters. The zero-order valence-corrected chi connectivity index (χ0v) is 16.3. The summed E-state index contributed by atoms with van der Waals surface area (Å²) >= 11 is 0. The van der Waals surface area contributed by atoms with Crippen molar-refractivity contribution >= 4 is 12.0 Å². The number of benzene rings is 1. The molecule has 148 valence electrons. The van der Waals surface area contributed by atoms with Crippen LogP contribution < -0.4 is 4.74 Å². The van der Waals surface area contributed by atoms with Crippen molar-refractivity contribution in [3.63, 3.8) is 0 Å². The van der Waals surface area contributed by atoms with Gasteiger partial charge in [0, 0.05) is 45.8 Å². The van der Waals surface area contributed by atoms with E-state index in [1.165, 1.54) is 7.11 Å². The van der Waals surface area contributed by atoms with Crippen LogP contribution >= 0.6 is 0 Å². The second kappa shape index (κ2) is 8.87. The normalized spacial score (nSPS) is 26.2. The fraction of sp³-hybridized carbons (Fsp3) is 0.571. The Morgan fingerprint density at radius 1 is 1.22 bits per heavy atom. The summed E-state index contributed by atoms with van der Waals surface area (Å²) in [5.74, 6) is 0.957. The van der Waals surface area contributed by atoms with Crippen LogP contribution in [0.3, 0.4) is 0 Å². The number of rotatable bonds is 6. The van der Waals surface area contributed by atoms with E-state index in [4.69, 9.17) is 9.47 Å². The molecule has 3 rings (SSSR count). The van der Waals surface area contributed by atoms with Crippen LogP contribution in [0.5, 0.6) is 5.75 Å². The molecule has 6 heteroatoms. The topological polar surface area (TPSA) is 62.2 Å². The molecule has 1 amide bonds. The minimum Gasteiger partial charge on any atom is -0.497 e. The number of ether oxygens (including phenoxy) is 2. The van der Waals surface area contributed by atoms with Crippen LogP contribution in [0.4, 0.5) is 0 Å². The molecule has 2 aliphatic heterocycles. The molecule has 27 heavy (non-hydrogen) atoms. The molecule has 2 saturated heterocycles. The first-order valence-corrected chi connectivity index (χ1v) is 9.56. The van der Waals surface area contributed by atoms with Gasteiger partial charge in [0.25, 0.3) is 0 Å². The van der Waals surface area contributed by atoms with Crippen molar-refractivity contribution in [2.45, 2.75) is 18.4 Å². The Balaban J connectivity index is 1.54. The third-order valence-electron chi connectivity index (χ3n) is 5.77. The fourth-order valence-corrected chi connectivity index (χ4v) is 4.03. The summed E-state index contributed by atoms with van der Waals surface area (Å²) in [4.78, 5) is 16.3. The molecule has 0 saturated carbocycles. The Bertz CT molecular complexity index is 661. The second-order valence-corrected chi connectivity index (χ2v) is 7.51. The quantitative estimate of drug-likeness (QED) is 0.820. The number of methoxy groups -OCH3 is 2. The molecule has 2 heterocycles. The summed E-state index contributed by atoms with van der Waals surface area (Å²) in [6, 6.07) is 7.97. The number of hydrogen-bond acceptors (Lipinski definition) is 5. The smallest absolute Gasteiger partial charge is 0.248 e. The lowest BCUT2D eigenvalue weighted by Gasteiger charge is -2.50. The molecule has 6 nitrogen and oxygen atoms in total. The number of fused-ring (bicyclic) bond motifs is 1. The highest BCUT2D eigenvalue weighted by molar-refractivity contribution is 5.77. The molecule has 0 aromatic heterocycles. The number of amides is 1. The van der Waals surface area contributed by atoms with Crippen LogP contribution in [-0.2, 0) is 9.53 Å². The first-order chi connectivity index (χ1) is 13.0. The van der Waals surface area contributed by atoms with Crippen molar-refractivity contribution < 1.29 is 19.4 Å². The van der Waals surface area contributed by atoms with Crippen molar-refractivity contribution in [1.82, 2.24) is 9.80 Å². The van der Waals surface area contributed by atoms with E-state index < -0.39 is 5.60 Å². The van der Waals surface area contributed by atoms with Crippen LogP contribution in [0.2, 0.25) is 0 Å². The largest absolute Gasteiger partial charge is 0.497 e. The summed E-state index contributed by atoms with van der Waals surface area (Å²) in [6.07, 6.45) is 5.68. The van der Waals surface area contributed by atoms with Crippen molar-refractivity contribution in [3.8, 4) is 5.75 Å². The van der Waals surface area contributed by atoms with Gasteiger partial charge in [-0.05, 0) is 30.5 Å². The molecule has 2 atom stereocenters. The molecule has 0 aliphatic carbocycles. The van der Waals surface area contributed by atoms with Crippen molar-refractivity contribution in [2.24, 2.45) is 5.92 Å². The molecule has 0 radical (unpaired) electrons. The van der Waals surface area contributed by atoms with Gasteiger partial charge in [-0.3, -0.25) is 9.69 Å². The Labute approximate surface area is 161 Å². The zero-order chi connectivity index (χ0) is 19.3. The van der Waals surface area contributed by atoms with E-state index >= 15 is 0 Å². The molecule has 1 aromatic carbocycles. The summed E-state index contributed by atoms with van der Waals surface area (Å²) < 4.78 is 10.1. The van der Waals surface area contributed by atoms with Crippen molar-refractivity contribution in [2.75, 3.05) is 53.6 Å². The molecule has 1 N–H and O–H groups in total. The average Bonchev–Trinajstić information content (AvgIpc) is 2.68. The van der Waals surface area contributed by atoms with Crippen LogP contribution in [-0.4, -0.2) is 80.0 Å². The third kappa shape index (κ3) is 4.89. The predicted molar refractivity (Wildman–Crippen MR) is 105 cm³/mol. The number of carbonyl (C=O) groups excluding carboxylic acids is 1. The maximum absolute atomic E-state index is 12.1. The van der Waals surface area contributed by atoms with E-state index in [9.17, 15) is 9.90 Å². The van der Waals surface area contributed by atoms with Crippen LogP contribution in [0, 0.1) is 5.92 Å². The van der Waals surface area contributed by atoms with Gasteiger partial charge in [-0.1, -0.05) is 24.3 Å². The fourth-order valence-electron chi connectivity index (χ4n) is 4.03. The van der Waals surface area contributed by atoms with Crippen LogP contribution in [0.15, 0.2) is 30.3 Å². The third-order valence-corrected chi connectivity index (χ3v) is 5.77. The number of nitrogens with zero attached hydrogens (tertiary/aromatic N) is 2. The lowest BCUT2D eigenvalue weighted by atomic mass is 9.75. The minimum absolute atomic E-state index is 0.0103. The van der Waals surface area contributed by atoms with E-state index in [0.29, 0.717) is 19.5 Å². The van der Waals surface area contributed by atoms with Gasteiger partial charge in [-0.25, -0.2) is 0 Å². The SMILES string of the molecule is COCC(=O)N1CC[C@]2(O)CCN(CC=Cc3ccc(OC)cc3)C[C@@H]2C1. The van der Waals surface area contributed by atoms with Gasteiger partial charge in [0.2, 0.25) is 5.91 Å². The summed E-state index contributed by atoms with van der Waals surface area (Å²) in [5.41, 5.74) is 0.498. The molecule has 2 fully saturated rings. The summed E-state index contributed by atoms with van der Waals surface area (Å²) in [5, 5.41) is 11.0. The molecule has 0 spiro atoms. The maximum atomic E-state index is 12.1. The van der Waals surface area contributed by atoms with Gasteiger partial charge in [0.1, 0.15) is 12.4 Å². The van der Waals surface area contributed by atoms with Gasteiger partial charge in [0.15, 0.2) is 0 Å². The monoisotopic (exact) mass is 374 g/mol.